The lowest BCUT2D eigenvalue weighted by Crippen LogP contribution is -2.39. The molecule has 0 amide bonds. The Morgan fingerprint density at radius 2 is 1.48 bits per heavy atom. The fourth-order valence-corrected chi connectivity index (χ4v) is 5.42. The summed E-state index contributed by atoms with van der Waals surface area (Å²) in [5.74, 6) is 0. The van der Waals surface area contributed by atoms with Gasteiger partial charge >= 0.3 is 0 Å². The maximum absolute atomic E-state index is 12.8. The third-order valence-electron chi connectivity index (χ3n) is 4.06. The van der Waals surface area contributed by atoms with Crippen LogP contribution in [-0.2, 0) is 20.0 Å². The SMILES string of the molecule is CCN(CC)S(=O)(=O)c1cccc(S(=O)(=O)N(C)CC(C)(C)CN)c1. The van der Waals surface area contributed by atoms with E-state index in [-0.39, 0.29) is 21.8 Å². The Hall–Kier alpha value is -1.00. The van der Waals surface area contributed by atoms with Gasteiger partial charge in [-0.25, -0.2) is 21.1 Å². The maximum Gasteiger partial charge on any atom is 0.243 e. The van der Waals surface area contributed by atoms with Crippen molar-refractivity contribution in [2.45, 2.75) is 37.5 Å². The molecular formula is C16H29N3O4S2. The molecule has 0 saturated carbocycles. The van der Waals surface area contributed by atoms with Crippen molar-refractivity contribution in [3.63, 3.8) is 0 Å². The van der Waals surface area contributed by atoms with Crippen molar-refractivity contribution in [2.24, 2.45) is 11.1 Å². The highest BCUT2D eigenvalue weighted by Crippen LogP contribution is 2.24. The first-order valence-electron chi connectivity index (χ1n) is 8.19. The first-order valence-corrected chi connectivity index (χ1v) is 11.1. The number of rotatable bonds is 9. The third kappa shape index (κ3) is 5.01. The van der Waals surface area contributed by atoms with E-state index in [0.29, 0.717) is 19.6 Å². The van der Waals surface area contributed by atoms with Crippen LogP contribution in [-0.4, -0.2) is 58.7 Å². The fraction of sp³-hybridized carbons (Fsp3) is 0.625. The van der Waals surface area contributed by atoms with Gasteiger partial charge in [0.25, 0.3) is 0 Å². The van der Waals surface area contributed by atoms with Crippen LogP contribution in [0.4, 0.5) is 0 Å². The molecule has 0 fully saturated rings. The van der Waals surface area contributed by atoms with Crippen LogP contribution >= 0.6 is 0 Å². The van der Waals surface area contributed by atoms with E-state index in [1.54, 1.807) is 13.8 Å². The smallest absolute Gasteiger partial charge is 0.243 e. The predicted molar refractivity (Wildman–Crippen MR) is 99.2 cm³/mol. The quantitative estimate of drug-likeness (QED) is 0.684. The molecule has 1 rings (SSSR count). The zero-order valence-electron chi connectivity index (χ0n) is 15.6. The Morgan fingerprint density at radius 1 is 1.00 bits per heavy atom. The average Bonchev–Trinajstić information content (AvgIpc) is 2.55. The summed E-state index contributed by atoms with van der Waals surface area (Å²) in [6.07, 6.45) is 0. The zero-order valence-corrected chi connectivity index (χ0v) is 17.2. The summed E-state index contributed by atoms with van der Waals surface area (Å²) in [6.45, 7) is 8.44. The van der Waals surface area contributed by atoms with Crippen LogP contribution in [0.1, 0.15) is 27.7 Å². The van der Waals surface area contributed by atoms with Gasteiger partial charge in [-0.05, 0) is 30.2 Å². The second-order valence-electron chi connectivity index (χ2n) is 6.69. The van der Waals surface area contributed by atoms with Gasteiger partial charge in [-0.2, -0.15) is 4.31 Å². The molecule has 1 aromatic rings. The number of hydrogen-bond donors (Lipinski definition) is 1. The minimum absolute atomic E-state index is 0.0243. The summed E-state index contributed by atoms with van der Waals surface area (Å²) in [4.78, 5) is -0.0696. The molecule has 0 radical (unpaired) electrons. The monoisotopic (exact) mass is 391 g/mol. The van der Waals surface area contributed by atoms with Crippen LogP contribution in [0.15, 0.2) is 34.1 Å². The van der Waals surface area contributed by atoms with E-state index in [9.17, 15) is 16.8 Å². The van der Waals surface area contributed by atoms with Crippen LogP contribution in [0.2, 0.25) is 0 Å². The summed E-state index contributed by atoms with van der Waals surface area (Å²) < 4.78 is 53.3. The van der Waals surface area contributed by atoms with Gasteiger partial charge in [-0.15, -0.1) is 0 Å². The molecule has 144 valence electrons. The number of benzene rings is 1. The molecule has 0 spiro atoms. The number of nitrogens with zero attached hydrogens (tertiary/aromatic N) is 2. The topological polar surface area (TPSA) is 101 Å². The minimum atomic E-state index is -3.81. The molecule has 0 heterocycles. The third-order valence-corrected chi connectivity index (χ3v) is 7.91. The van der Waals surface area contributed by atoms with E-state index in [4.69, 9.17) is 5.73 Å². The Morgan fingerprint density at radius 3 is 1.92 bits per heavy atom. The first kappa shape index (κ1) is 22.0. The van der Waals surface area contributed by atoms with Gasteiger partial charge in [0.2, 0.25) is 20.0 Å². The van der Waals surface area contributed by atoms with Gasteiger partial charge < -0.3 is 5.73 Å². The molecule has 0 aliphatic heterocycles. The van der Waals surface area contributed by atoms with Gasteiger partial charge in [0.15, 0.2) is 0 Å². The van der Waals surface area contributed by atoms with E-state index in [0.717, 1.165) is 0 Å². The molecule has 0 aromatic heterocycles. The average molecular weight is 392 g/mol. The van der Waals surface area contributed by atoms with Crippen molar-refractivity contribution in [3.05, 3.63) is 24.3 Å². The lowest BCUT2D eigenvalue weighted by atomic mass is 9.94. The Balaban J connectivity index is 3.28. The second-order valence-corrected chi connectivity index (χ2v) is 10.7. The van der Waals surface area contributed by atoms with Gasteiger partial charge in [-0.3, -0.25) is 0 Å². The number of hydrogen-bond acceptors (Lipinski definition) is 5. The molecule has 0 saturated heterocycles. The predicted octanol–water partition coefficient (Wildman–Crippen LogP) is 1.32. The van der Waals surface area contributed by atoms with E-state index in [1.807, 2.05) is 13.8 Å². The molecule has 0 aliphatic carbocycles. The largest absolute Gasteiger partial charge is 0.330 e. The van der Waals surface area contributed by atoms with Gasteiger partial charge in [0.05, 0.1) is 9.79 Å². The standard InChI is InChI=1S/C16H29N3O4S2/c1-6-19(7-2)25(22,23)15-10-8-9-14(11-15)24(20,21)18(5)13-16(3,4)12-17/h8-11H,6-7,12-13,17H2,1-5H3. The molecule has 2 N–H and O–H groups in total. The van der Waals surface area contributed by atoms with Crippen molar-refractivity contribution in [1.29, 1.82) is 0 Å². The minimum Gasteiger partial charge on any atom is -0.330 e. The zero-order chi connectivity index (χ0) is 19.5. The summed E-state index contributed by atoms with van der Waals surface area (Å²) in [5, 5.41) is 0. The fourth-order valence-electron chi connectivity index (χ4n) is 2.44. The summed E-state index contributed by atoms with van der Waals surface area (Å²) in [5.41, 5.74) is 5.29. The molecule has 0 bridgehead atoms. The molecule has 9 heteroatoms. The van der Waals surface area contributed by atoms with Crippen molar-refractivity contribution < 1.29 is 16.8 Å². The van der Waals surface area contributed by atoms with Crippen LogP contribution in [0.5, 0.6) is 0 Å². The van der Waals surface area contributed by atoms with Crippen LogP contribution in [0.3, 0.4) is 0 Å². The highest BCUT2D eigenvalue weighted by atomic mass is 32.2. The molecule has 25 heavy (non-hydrogen) atoms. The van der Waals surface area contributed by atoms with Crippen molar-refractivity contribution in [1.82, 2.24) is 8.61 Å². The highest BCUT2D eigenvalue weighted by Gasteiger charge is 2.29. The van der Waals surface area contributed by atoms with E-state index < -0.39 is 20.0 Å². The summed E-state index contributed by atoms with van der Waals surface area (Å²) in [7, 11) is -6.06. The van der Waals surface area contributed by atoms with E-state index >= 15 is 0 Å². The van der Waals surface area contributed by atoms with Crippen LogP contribution < -0.4 is 5.73 Å². The Bertz CT molecular complexity index is 785. The lowest BCUT2D eigenvalue weighted by molar-refractivity contribution is 0.292. The number of nitrogens with two attached hydrogens (primary N) is 1. The van der Waals surface area contributed by atoms with Crippen LogP contribution in [0.25, 0.3) is 0 Å². The molecule has 0 atom stereocenters. The number of sulfonamides is 2. The Labute approximate surface area is 151 Å². The Kier molecular flexibility index (Phi) is 7.17. The van der Waals surface area contributed by atoms with E-state index in [1.165, 1.54) is 39.9 Å². The van der Waals surface area contributed by atoms with E-state index in [2.05, 4.69) is 0 Å². The van der Waals surface area contributed by atoms with Gasteiger partial charge in [0.1, 0.15) is 0 Å². The molecule has 0 aliphatic rings. The molecular weight excluding hydrogens is 362 g/mol. The van der Waals surface area contributed by atoms with Crippen molar-refractivity contribution in [3.8, 4) is 0 Å². The van der Waals surface area contributed by atoms with Gasteiger partial charge in [-0.1, -0.05) is 33.8 Å². The highest BCUT2D eigenvalue weighted by molar-refractivity contribution is 7.90. The summed E-state index contributed by atoms with van der Waals surface area (Å²) >= 11 is 0. The first-order chi connectivity index (χ1) is 11.4. The van der Waals surface area contributed by atoms with Gasteiger partial charge in [0, 0.05) is 26.7 Å². The second kappa shape index (κ2) is 8.13. The molecule has 7 nitrogen and oxygen atoms in total. The molecule has 0 unspecified atom stereocenters. The normalized spacial score (nSPS) is 13.6. The summed E-state index contributed by atoms with van der Waals surface area (Å²) in [6, 6.07) is 5.49. The van der Waals surface area contributed by atoms with Crippen LogP contribution in [0, 0.1) is 5.41 Å². The lowest BCUT2D eigenvalue weighted by Gasteiger charge is -2.28. The van der Waals surface area contributed by atoms with Crippen molar-refractivity contribution in [2.75, 3.05) is 33.2 Å². The van der Waals surface area contributed by atoms with Crippen molar-refractivity contribution >= 4 is 20.0 Å². The molecule has 1 aromatic carbocycles. The maximum atomic E-state index is 12.8.